The van der Waals surface area contributed by atoms with Crippen molar-refractivity contribution < 1.29 is 4.79 Å². The fourth-order valence-corrected chi connectivity index (χ4v) is 3.52. The van der Waals surface area contributed by atoms with E-state index in [1.165, 1.54) is 44.1 Å². The summed E-state index contributed by atoms with van der Waals surface area (Å²) in [5.74, 6) is 0.217. The average Bonchev–Trinajstić information content (AvgIpc) is 2.73. The lowest BCUT2D eigenvalue weighted by Crippen LogP contribution is -2.41. The molecule has 3 nitrogen and oxygen atoms in total. The van der Waals surface area contributed by atoms with E-state index in [1.807, 2.05) is 19.2 Å². The Morgan fingerprint density at radius 1 is 1.10 bits per heavy atom. The minimum absolute atomic E-state index is 0.193. The van der Waals surface area contributed by atoms with Gasteiger partial charge < -0.3 is 10.2 Å². The molecule has 1 aromatic carbocycles. The molecule has 0 spiro atoms. The molecule has 1 N–H and O–H groups in total. The van der Waals surface area contributed by atoms with Crippen LogP contribution in [0.2, 0.25) is 0 Å². The van der Waals surface area contributed by atoms with Crippen LogP contribution < -0.4 is 10.2 Å². The third kappa shape index (κ3) is 2.73. The molecule has 1 saturated carbocycles. The van der Waals surface area contributed by atoms with Gasteiger partial charge in [-0.2, -0.15) is 0 Å². The van der Waals surface area contributed by atoms with Gasteiger partial charge >= 0.3 is 0 Å². The van der Waals surface area contributed by atoms with E-state index >= 15 is 0 Å². The second-order valence-electron chi connectivity index (χ2n) is 6.12. The summed E-state index contributed by atoms with van der Waals surface area (Å²) in [6, 6.07) is 9.06. The molecule has 1 heterocycles. The van der Waals surface area contributed by atoms with Crippen molar-refractivity contribution in [2.75, 3.05) is 11.9 Å². The Morgan fingerprint density at radius 2 is 1.80 bits per heavy atom. The molecule has 1 amide bonds. The maximum Gasteiger partial charge on any atom is 0.228 e. The number of hydrogen-bond donors (Lipinski definition) is 1. The van der Waals surface area contributed by atoms with E-state index in [1.54, 1.807) is 4.90 Å². The highest BCUT2D eigenvalue weighted by Crippen LogP contribution is 2.34. The number of fused-ring (bicyclic) bond motifs is 1. The van der Waals surface area contributed by atoms with Crippen LogP contribution >= 0.6 is 0 Å². The summed E-state index contributed by atoms with van der Waals surface area (Å²) >= 11 is 0. The third-order valence-electron chi connectivity index (χ3n) is 4.72. The van der Waals surface area contributed by atoms with Crippen molar-refractivity contribution in [2.45, 2.75) is 57.0 Å². The molecule has 0 radical (unpaired) electrons. The second kappa shape index (κ2) is 5.96. The lowest BCUT2D eigenvalue weighted by Gasteiger charge is -2.34. The number of benzene rings is 1. The molecule has 0 saturated heterocycles. The maximum atomic E-state index is 12.2. The van der Waals surface area contributed by atoms with Crippen LogP contribution in [0.3, 0.4) is 0 Å². The van der Waals surface area contributed by atoms with Crippen molar-refractivity contribution in [1.29, 1.82) is 0 Å². The van der Waals surface area contributed by atoms with E-state index in [9.17, 15) is 4.79 Å². The van der Waals surface area contributed by atoms with Crippen molar-refractivity contribution in [3.63, 3.8) is 0 Å². The maximum absolute atomic E-state index is 12.2. The zero-order valence-electron chi connectivity index (χ0n) is 12.3. The molecule has 3 rings (SSSR count). The van der Waals surface area contributed by atoms with Crippen LogP contribution in [0.4, 0.5) is 5.69 Å². The number of rotatable bonds is 2. The fourth-order valence-electron chi connectivity index (χ4n) is 3.52. The zero-order valence-corrected chi connectivity index (χ0v) is 12.3. The quantitative estimate of drug-likeness (QED) is 0.837. The Hall–Kier alpha value is -1.35. The standard InChI is InChI=1S/C17H24N2O/c1-19-16-11-7-6-10-14(16)15(12-17(19)20)18-13-8-4-2-3-5-9-13/h6-7,10-11,13,15,18H,2-5,8-9,12H2,1H3. The first-order valence-electron chi connectivity index (χ1n) is 7.87. The minimum Gasteiger partial charge on any atom is -0.315 e. The van der Waals surface area contributed by atoms with Crippen LogP contribution in [-0.2, 0) is 4.79 Å². The van der Waals surface area contributed by atoms with Gasteiger partial charge in [0.1, 0.15) is 0 Å². The van der Waals surface area contributed by atoms with Gasteiger partial charge in [0.15, 0.2) is 0 Å². The molecular formula is C17H24N2O. The van der Waals surface area contributed by atoms with Crippen molar-refractivity contribution >= 4 is 11.6 Å². The van der Waals surface area contributed by atoms with Crippen LogP contribution in [0.1, 0.15) is 56.6 Å². The number of anilines is 1. The summed E-state index contributed by atoms with van der Waals surface area (Å²) in [6.07, 6.45) is 8.46. The average molecular weight is 272 g/mol. The van der Waals surface area contributed by atoms with Crippen molar-refractivity contribution in [1.82, 2.24) is 5.32 Å². The number of carbonyl (C=O) groups excluding carboxylic acids is 1. The molecule has 1 aliphatic heterocycles. The molecule has 1 atom stereocenters. The molecule has 1 aromatic rings. The molecule has 20 heavy (non-hydrogen) atoms. The third-order valence-corrected chi connectivity index (χ3v) is 4.72. The summed E-state index contributed by atoms with van der Waals surface area (Å²) in [6.45, 7) is 0. The largest absolute Gasteiger partial charge is 0.315 e. The van der Waals surface area contributed by atoms with Crippen LogP contribution in [0.15, 0.2) is 24.3 Å². The predicted molar refractivity (Wildman–Crippen MR) is 81.8 cm³/mol. The molecule has 1 aliphatic carbocycles. The number of hydrogen-bond acceptors (Lipinski definition) is 2. The van der Waals surface area contributed by atoms with Crippen molar-refractivity contribution in [3.05, 3.63) is 29.8 Å². The van der Waals surface area contributed by atoms with Gasteiger partial charge in [0.25, 0.3) is 0 Å². The van der Waals surface area contributed by atoms with Crippen LogP contribution in [-0.4, -0.2) is 19.0 Å². The summed E-state index contributed by atoms with van der Waals surface area (Å²) in [5, 5.41) is 3.76. The monoisotopic (exact) mass is 272 g/mol. The van der Waals surface area contributed by atoms with Gasteiger partial charge in [0, 0.05) is 31.2 Å². The number of nitrogens with zero attached hydrogens (tertiary/aromatic N) is 1. The topological polar surface area (TPSA) is 32.3 Å². The van der Waals surface area contributed by atoms with E-state index in [-0.39, 0.29) is 11.9 Å². The smallest absolute Gasteiger partial charge is 0.228 e. The molecule has 3 heteroatoms. The molecule has 108 valence electrons. The molecule has 1 fully saturated rings. The SMILES string of the molecule is CN1C(=O)CC(NC2CCCCCC2)c2ccccc21. The summed E-state index contributed by atoms with van der Waals surface area (Å²) < 4.78 is 0. The molecule has 0 bridgehead atoms. The van der Waals surface area contributed by atoms with Gasteiger partial charge in [-0.1, -0.05) is 43.9 Å². The van der Waals surface area contributed by atoms with Gasteiger partial charge in [0.2, 0.25) is 5.91 Å². The van der Waals surface area contributed by atoms with Crippen LogP contribution in [0.25, 0.3) is 0 Å². The normalized spacial score (nSPS) is 24.4. The first-order chi connectivity index (χ1) is 9.75. The van der Waals surface area contributed by atoms with Gasteiger partial charge in [-0.15, -0.1) is 0 Å². The minimum atomic E-state index is 0.193. The zero-order chi connectivity index (χ0) is 13.9. The predicted octanol–water partition coefficient (Wildman–Crippen LogP) is 3.41. The van der Waals surface area contributed by atoms with Gasteiger partial charge in [-0.25, -0.2) is 0 Å². The van der Waals surface area contributed by atoms with E-state index < -0.39 is 0 Å². The van der Waals surface area contributed by atoms with Crippen LogP contribution in [0, 0.1) is 0 Å². The molecular weight excluding hydrogens is 248 g/mol. The number of nitrogens with one attached hydrogen (secondary N) is 1. The lowest BCUT2D eigenvalue weighted by atomic mass is 9.94. The molecule has 1 unspecified atom stereocenters. The highest BCUT2D eigenvalue weighted by Gasteiger charge is 2.30. The molecule has 0 aromatic heterocycles. The molecule has 2 aliphatic rings. The van der Waals surface area contributed by atoms with E-state index in [0.717, 1.165) is 5.69 Å². The summed E-state index contributed by atoms with van der Waals surface area (Å²) in [5.41, 5.74) is 2.34. The van der Waals surface area contributed by atoms with Gasteiger partial charge in [-0.05, 0) is 24.5 Å². The van der Waals surface area contributed by atoms with Crippen molar-refractivity contribution in [2.24, 2.45) is 0 Å². The second-order valence-corrected chi connectivity index (χ2v) is 6.12. The van der Waals surface area contributed by atoms with E-state index in [0.29, 0.717) is 12.5 Å². The summed E-state index contributed by atoms with van der Waals surface area (Å²) in [4.78, 5) is 14.0. The van der Waals surface area contributed by atoms with Crippen molar-refractivity contribution in [3.8, 4) is 0 Å². The Morgan fingerprint density at radius 3 is 2.55 bits per heavy atom. The Bertz CT molecular complexity index is 478. The summed E-state index contributed by atoms with van der Waals surface area (Å²) in [7, 11) is 1.88. The van der Waals surface area contributed by atoms with Crippen LogP contribution in [0.5, 0.6) is 0 Å². The number of amides is 1. The fraction of sp³-hybridized carbons (Fsp3) is 0.588. The van der Waals surface area contributed by atoms with Gasteiger partial charge in [-0.3, -0.25) is 4.79 Å². The highest BCUT2D eigenvalue weighted by molar-refractivity contribution is 5.96. The Labute approximate surface area is 121 Å². The lowest BCUT2D eigenvalue weighted by molar-refractivity contribution is -0.119. The van der Waals surface area contributed by atoms with E-state index in [4.69, 9.17) is 0 Å². The number of para-hydroxylation sites is 1. The van der Waals surface area contributed by atoms with E-state index in [2.05, 4.69) is 17.4 Å². The number of carbonyl (C=O) groups is 1. The first kappa shape index (κ1) is 13.6. The first-order valence-corrected chi connectivity index (χ1v) is 7.87. The Balaban J connectivity index is 1.79. The van der Waals surface area contributed by atoms with Gasteiger partial charge in [0.05, 0.1) is 0 Å². The highest BCUT2D eigenvalue weighted by atomic mass is 16.2. The Kier molecular flexibility index (Phi) is 4.06.